The molecule has 98 valence electrons. The van der Waals surface area contributed by atoms with Crippen LogP contribution in [0.3, 0.4) is 0 Å². The van der Waals surface area contributed by atoms with Crippen LogP contribution < -0.4 is 5.32 Å². The maximum absolute atomic E-state index is 11.7. The molecule has 1 aliphatic carbocycles. The van der Waals surface area contributed by atoms with Gasteiger partial charge in [0.1, 0.15) is 0 Å². The van der Waals surface area contributed by atoms with Crippen molar-refractivity contribution in [2.75, 3.05) is 13.2 Å². The number of ether oxygens (including phenoxy) is 1. The van der Waals surface area contributed by atoms with Crippen LogP contribution in [0.1, 0.15) is 25.3 Å². The van der Waals surface area contributed by atoms with E-state index < -0.39 is 0 Å². The van der Waals surface area contributed by atoms with Crippen LogP contribution in [0.2, 0.25) is 0 Å². The number of hydrogen-bond acceptors (Lipinski definition) is 3. The maximum Gasteiger partial charge on any atom is 0.313 e. The van der Waals surface area contributed by atoms with Gasteiger partial charge in [-0.05, 0) is 37.5 Å². The quantitative estimate of drug-likeness (QED) is 0.821. The van der Waals surface area contributed by atoms with Gasteiger partial charge in [0.05, 0.1) is 12.0 Å². The van der Waals surface area contributed by atoms with Gasteiger partial charge in [0.25, 0.3) is 0 Å². The molecule has 0 aromatic heterocycles. The molecule has 2 rings (SSSR count). The first-order valence-electron chi connectivity index (χ1n) is 6.29. The van der Waals surface area contributed by atoms with E-state index in [2.05, 4.69) is 33.4 Å². The molecule has 1 aromatic carbocycles. The van der Waals surface area contributed by atoms with Gasteiger partial charge in [0, 0.05) is 17.6 Å². The monoisotopic (exact) mass is 311 g/mol. The summed E-state index contributed by atoms with van der Waals surface area (Å²) < 4.78 is 6.18. The summed E-state index contributed by atoms with van der Waals surface area (Å²) in [6.07, 6.45) is 1.89. The van der Waals surface area contributed by atoms with E-state index in [9.17, 15) is 4.79 Å². The van der Waals surface area contributed by atoms with Crippen LogP contribution in [-0.4, -0.2) is 19.1 Å². The topological polar surface area (TPSA) is 38.3 Å². The van der Waals surface area contributed by atoms with Gasteiger partial charge in [-0.25, -0.2) is 0 Å². The van der Waals surface area contributed by atoms with Crippen molar-refractivity contribution >= 4 is 21.9 Å². The first-order chi connectivity index (χ1) is 8.66. The molecule has 0 bridgehead atoms. The molecule has 1 aromatic rings. The number of nitrogens with one attached hydrogen (secondary N) is 1. The van der Waals surface area contributed by atoms with Crippen molar-refractivity contribution in [1.29, 1.82) is 0 Å². The number of rotatable bonds is 6. The summed E-state index contributed by atoms with van der Waals surface area (Å²) in [5, 5.41) is 3.35. The summed E-state index contributed by atoms with van der Waals surface area (Å²) in [6.45, 7) is 3.81. The predicted molar refractivity (Wildman–Crippen MR) is 74.1 cm³/mol. The Balaban J connectivity index is 1.78. The van der Waals surface area contributed by atoms with Gasteiger partial charge in [-0.1, -0.05) is 28.1 Å². The lowest BCUT2D eigenvalue weighted by molar-refractivity contribution is -0.149. The minimum absolute atomic E-state index is 0.0479. The zero-order chi connectivity index (χ0) is 13.0. The number of hydrogen-bond donors (Lipinski definition) is 1. The Morgan fingerprint density at radius 2 is 2.06 bits per heavy atom. The highest BCUT2D eigenvalue weighted by Gasteiger charge is 2.50. The molecule has 1 N–H and O–H groups in total. The molecule has 0 aliphatic heterocycles. The molecule has 0 saturated heterocycles. The number of benzene rings is 1. The van der Waals surface area contributed by atoms with Crippen molar-refractivity contribution in [3.63, 3.8) is 0 Å². The third kappa shape index (κ3) is 3.33. The van der Waals surface area contributed by atoms with E-state index in [1.54, 1.807) is 0 Å². The molecule has 1 saturated carbocycles. The fourth-order valence-electron chi connectivity index (χ4n) is 1.94. The normalized spacial score (nSPS) is 16.3. The van der Waals surface area contributed by atoms with Crippen LogP contribution in [0.4, 0.5) is 0 Å². The molecule has 4 heteroatoms. The van der Waals surface area contributed by atoms with Crippen molar-refractivity contribution in [3.05, 3.63) is 34.3 Å². The van der Waals surface area contributed by atoms with Gasteiger partial charge in [0.2, 0.25) is 0 Å². The molecule has 1 fully saturated rings. The first kappa shape index (κ1) is 13.6. The highest BCUT2D eigenvalue weighted by atomic mass is 79.9. The lowest BCUT2D eigenvalue weighted by atomic mass is 10.1. The standard InChI is InChI=1S/C14H18BrNO2/c1-2-18-13(17)14(7-8-14)10-16-9-11-3-5-12(15)6-4-11/h3-6,16H,2,7-10H2,1H3. The third-order valence-electron chi connectivity index (χ3n) is 3.27. The van der Waals surface area contributed by atoms with Crippen LogP contribution in [0.15, 0.2) is 28.7 Å². The summed E-state index contributed by atoms with van der Waals surface area (Å²) in [4.78, 5) is 11.7. The molecule has 18 heavy (non-hydrogen) atoms. The molecule has 0 atom stereocenters. The Kier molecular flexibility index (Phi) is 4.40. The fourth-order valence-corrected chi connectivity index (χ4v) is 2.20. The Hall–Kier alpha value is -0.870. The van der Waals surface area contributed by atoms with Gasteiger partial charge in [-0.15, -0.1) is 0 Å². The lowest BCUT2D eigenvalue weighted by Gasteiger charge is -2.14. The Bertz CT molecular complexity index is 412. The summed E-state index contributed by atoms with van der Waals surface area (Å²) in [5.74, 6) is -0.0479. The smallest absolute Gasteiger partial charge is 0.313 e. The molecule has 0 spiro atoms. The Labute approximate surface area is 116 Å². The zero-order valence-electron chi connectivity index (χ0n) is 10.5. The second-order valence-corrected chi connectivity index (χ2v) is 5.65. The number of halogens is 1. The summed E-state index contributed by atoms with van der Waals surface area (Å²) in [5.41, 5.74) is 0.976. The zero-order valence-corrected chi connectivity index (χ0v) is 12.1. The van der Waals surface area contributed by atoms with Crippen LogP contribution >= 0.6 is 15.9 Å². The minimum atomic E-state index is -0.245. The van der Waals surface area contributed by atoms with Crippen molar-refractivity contribution in [2.24, 2.45) is 5.41 Å². The Morgan fingerprint density at radius 1 is 1.39 bits per heavy atom. The van der Waals surface area contributed by atoms with Gasteiger partial charge in [0.15, 0.2) is 0 Å². The highest BCUT2D eigenvalue weighted by Crippen LogP contribution is 2.46. The Morgan fingerprint density at radius 3 is 2.61 bits per heavy atom. The molecular weight excluding hydrogens is 294 g/mol. The fraction of sp³-hybridized carbons (Fsp3) is 0.500. The van der Waals surface area contributed by atoms with E-state index in [0.29, 0.717) is 13.2 Å². The van der Waals surface area contributed by atoms with Crippen LogP contribution in [0.25, 0.3) is 0 Å². The average Bonchev–Trinajstić information content (AvgIpc) is 3.13. The van der Waals surface area contributed by atoms with Gasteiger partial charge < -0.3 is 10.1 Å². The van der Waals surface area contributed by atoms with Crippen LogP contribution in [-0.2, 0) is 16.1 Å². The van der Waals surface area contributed by atoms with Crippen LogP contribution in [0, 0.1) is 5.41 Å². The first-order valence-corrected chi connectivity index (χ1v) is 7.08. The molecule has 0 unspecified atom stereocenters. The van der Waals surface area contributed by atoms with Crippen molar-refractivity contribution in [1.82, 2.24) is 5.32 Å². The second kappa shape index (κ2) is 5.85. The SMILES string of the molecule is CCOC(=O)C1(CNCc2ccc(Br)cc2)CC1. The summed E-state index contributed by atoms with van der Waals surface area (Å²) in [6, 6.07) is 8.19. The number of carbonyl (C=O) groups excluding carboxylic acids is 1. The van der Waals surface area contributed by atoms with E-state index >= 15 is 0 Å². The summed E-state index contributed by atoms with van der Waals surface area (Å²) in [7, 11) is 0. The van der Waals surface area contributed by atoms with E-state index in [-0.39, 0.29) is 11.4 Å². The molecule has 3 nitrogen and oxygen atoms in total. The number of carbonyl (C=O) groups is 1. The average molecular weight is 312 g/mol. The number of esters is 1. The van der Waals surface area contributed by atoms with Gasteiger partial charge in [-0.2, -0.15) is 0 Å². The van der Waals surface area contributed by atoms with Crippen molar-refractivity contribution in [3.8, 4) is 0 Å². The largest absolute Gasteiger partial charge is 0.466 e. The highest BCUT2D eigenvalue weighted by molar-refractivity contribution is 9.10. The predicted octanol–water partition coefficient (Wildman–Crippen LogP) is 2.88. The van der Waals surface area contributed by atoms with E-state index in [1.807, 2.05) is 19.1 Å². The van der Waals surface area contributed by atoms with E-state index in [4.69, 9.17) is 4.74 Å². The molecule has 1 aliphatic rings. The molecular formula is C14H18BrNO2. The van der Waals surface area contributed by atoms with Gasteiger partial charge in [-0.3, -0.25) is 4.79 Å². The van der Waals surface area contributed by atoms with Crippen molar-refractivity contribution in [2.45, 2.75) is 26.3 Å². The summed E-state index contributed by atoms with van der Waals surface area (Å²) >= 11 is 3.41. The van der Waals surface area contributed by atoms with E-state index in [1.165, 1.54) is 5.56 Å². The molecule has 0 radical (unpaired) electrons. The lowest BCUT2D eigenvalue weighted by Crippen LogP contribution is -2.31. The van der Waals surface area contributed by atoms with Gasteiger partial charge >= 0.3 is 5.97 Å². The molecule has 0 heterocycles. The maximum atomic E-state index is 11.7. The minimum Gasteiger partial charge on any atom is -0.466 e. The molecule has 0 amide bonds. The second-order valence-electron chi connectivity index (χ2n) is 4.73. The van der Waals surface area contributed by atoms with Crippen molar-refractivity contribution < 1.29 is 9.53 Å². The van der Waals surface area contributed by atoms with Crippen LogP contribution in [0.5, 0.6) is 0 Å². The van der Waals surface area contributed by atoms with E-state index in [0.717, 1.165) is 23.9 Å². The third-order valence-corrected chi connectivity index (χ3v) is 3.80.